The van der Waals surface area contributed by atoms with E-state index in [1.807, 2.05) is 0 Å². The summed E-state index contributed by atoms with van der Waals surface area (Å²) < 4.78 is 0. The maximum atomic E-state index is 10.8. The quantitative estimate of drug-likeness (QED) is 0.687. The van der Waals surface area contributed by atoms with Crippen molar-refractivity contribution in [3.8, 4) is 0 Å². The van der Waals surface area contributed by atoms with Gasteiger partial charge < -0.3 is 11.5 Å². The largest absolute Gasteiger partial charge is 0.405 e. The molecule has 5 heteroatoms. The van der Waals surface area contributed by atoms with Crippen molar-refractivity contribution in [1.29, 1.82) is 0 Å². The number of primary amides is 1. The molecule has 0 saturated heterocycles. The van der Waals surface area contributed by atoms with Gasteiger partial charge in [-0.05, 0) is 30.0 Å². The third kappa shape index (κ3) is 3.60. The van der Waals surface area contributed by atoms with Crippen molar-refractivity contribution in [3.05, 3.63) is 41.9 Å². The molecule has 1 aromatic rings. The summed E-state index contributed by atoms with van der Waals surface area (Å²) in [7, 11) is 0. The molecule has 0 aliphatic heterocycles. The van der Waals surface area contributed by atoms with Crippen molar-refractivity contribution in [1.82, 2.24) is 4.98 Å². The Labute approximate surface area is 87.5 Å². The zero-order chi connectivity index (χ0) is 11.1. The summed E-state index contributed by atoms with van der Waals surface area (Å²) in [5, 5.41) is 0. The first-order chi connectivity index (χ1) is 7.24. The highest BCUT2D eigenvalue weighted by molar-refractivity contribution is 5.90. The molecule has 0 fully saturated rings. The fourth-order valence-corrected chi connectivity index (χ4v) is 0.976. The van der Waals surface area contributed by atoms with E-state index < -0.39 is 5.91 Å². The van der Waals surface area contributed by atoms with E-state index in [2.05, 4.69) is 9.98 Å². The Bertz CT molecular complexity index is 398. The van der Waals surface area contributed by atoms with Crippen LogP contribution in [-0.2, 0) is 6.54 Å². The number of allylic oxidation sites excluding steroid dienone is 1. The fraction of sp³-hybridized carbons (Fsp3) is 0.100. The molecule has 78 valence electrons. The smallest absolute Gasteiger partial charge is 0.267 e. The van der Waals surface area contributed by atoms with E-state index in [1.165, 1.54) is 12.4 Å². The number of aromatic nitrogens is 1. The van der Waals surface area contributed by atoms with Crippen molar-refractivity contribution in [2.24, 2.45) is 16.5 Å². The van der Waals surface area contributed by atoms with Gasteiger partial charge in [-0.1, -0.05) is 0 Å². The van der Waals surface area contributed by atoms with Gasteiger partial charge in [-0.15, -0.1) is 0 Å². The van der Waals surface area contributed by atoms with Crippen LogP contribution in [0.2, 0.25) is 0 Å². The molecule has 0 aliphatic carbocycles. The Kier molecular flexibility index (Phi) is 4.03. The van der Waals surface area contributed by atoms with Crippen molar-refractivity contribution in [3.63, 3.8) is 0 Å². The average molecular weight is 204 g/mol. The van der Waals surface area contributed by atoms with Crippen LogP contribution in [0.3, 0.4) is 0 Å². The molecule has 0 spiro atoms. The summed E-state index contributed by atoms with van der Waals surface area (Å²) in [5.41, 5.74) is 11.3. The molecule has 0 radical (unpaired) electrons. The molecule has 0 unspecified atom stereocenters. The van der Waals surface area contributed by atoms with Gasteiger partial charge in [0.25, 0.3) is 5.91 Å². The maximum absolute atomic E-state index is 10.8. The van der Waals surface area contributed by atoms with Gasteiger partial charge in [-0.2, -0.15) is 0 Å². The van der Waals surface area contributed by atoms with E-state index in [9.17, 15) is 4.79 Å². The molecule has 5 nitrogen and oxygen atoms in total. The van der Waals surface area contributed by atoms with Gasteiger partial charge in [0, 0.05) is 12.4 Å². The molecule has 0 aromatic carbocycles. The Morgan fingerprint density at radius 3 is 3.07 bits per heavy atom. The van der Waals surface area contributed by atoms with Gasteiger partial charge in [0.2, 0.25) is 0 Å². The number of hydrogen-bond donors (Lipinski definition) is 2. The zero-order valence-electron chi connectivity index (χ0n) is 8.13. The number of carbonyl (C=O) groups is 1. The fourth-order valence-electron chi connectivity index (χ4n) is 0.976. The van der Waals surface area contributed by atoms with Gasteiger partial charge in [-0.3, -0.25) is 14.8 Å². The second-order valence-corrected chi connectivity index (χ2v) is 2.79. The Morgan fingerprint density at radius 1 is 1.60 bits per heavy atom. The van der Waals surface area contributed by atoms with Crippen molar-refractivity contribution < 1.29 is 4.79 Å². The van der Waals surface area contributed by atoms with Crippen LogP contribution in [0, 0.1) is 0 Å². The highest BCUT2D eigenvalue weighted by atomic mass is 16.1. The van der Waals surface area contributed by atoms with E-state index >= 15 is 0 Å². The second kappa shape index (κ2) is 5.54. The van der Waals surface area contributed by atoms with E-state index in [1.54, 1.807) is 24.4 Å². The number of nitrogens with zero attached hydrogens (tertiary/aromatic N) is 2. The minimum atomic E-state index is -0.539. The standard InChI is InChI=1S/C10H12N4O/c11-3-1-4-13-7-8-2-5-14-9(6-8)10(12)15/h1-6H,7,11H2,(H2,12,15)/b3-1-,13-4?. The predicted octanol–water partition coefficient (Wildman–Crippen LogP) is 0.224. The molecule has 1 amide bonds. The first-order valence-corrected chi connectivity index (χ1v) is 4.35. The summed E-state index contributed by atoms with van der Waals surface area (Å²) in [6.45, 7) is 0.465. The maximum Gasteiger partial charge on any atom is 0.267 e. The molecule has 4 N–H and O–H groups in total. The number of aliphatic imine (C=N–C) groups is 1. The molecule has 0 aliphatic rings. The van der Waals surface area contributed by atoms with Crippen LogP contribution in [0.5, 0.6) is 0 Å². The molecule has 0 bridgehead atoms. The highest BCUT2D eigenvalue weighted by Crippen LogP contribution is 2.02. The van der Waals surface area contributed by atoms with Crippen LogP contribution in [0.1, 0.15) is 16.1 Å². The van der Waals surface area contributed by atoms with Crippen molar-refractivity contribution >= 4 is 12.1 Å². The van der Waals surface area contributed by atoms with Crippen LogP contribution in [0.25, 0.3) is 0 Å². The number of amides is 1. The van der Waals surface area contributed by atoms with Crippen LogP contribution in [0.4, 0.5) is 0 Å². The molecule has 1 aromatic heterocycles. The number of hydrogen-bond acceptors (Lipinski definition) is 4. The third-order valence-electron chi connectivity index (χ3n) is 1.65. The molecule has 0 saturated carbocycles. The van der Waals surface area contributed by atoms with E-state index in [0.717, 1.165) is 5.56 Å². The molecule has 1 rings (SSSR count). The van der Waals surface area contributed by atoms with E-state index in [4.69, 9.17) is 11.5 Å². The Hall–Kier alpha value is -2.17. The summed E-state index contributed by atoms with van der Waals surface area (Å²) in [5.74, 6) is -0.539. The van der Waals surface area contributed by atoms with Gasteiger partial charge in [0.1, 0.15) is 5.69 Å². The minimum absolute atomic E-state index is 0.247. The lowest BCUT2D eigenvalue weighted by molar-refractivity contribution is 0.0995. The van der Waals surface area contributed by atoms with Gasteiger partial charge in [0.05, 0.1) is 6.54 Å². The number of rotatable bonds is 4. The molecule has 15 heavy (non-hydrogen) atoms. The summed E-state index contributed by atoms with van der Waals surface area (Å²) >= 11 is 0. The van der Waals surface area contributed by atoms with Gasteiger partial charge in [0.15, 0.2) is 0 Å². The van der Waals surface area contributed by atoms with Crippen LogP contribution in [0.15, 0.2) is 35.6 Å². The Morgan fingerprint density at radius 2 is 2.40 bits per heavy atom. The molecular weight excluding hydrogens is 192 g/mol. The van der Waals surface area contributed by atoms with Crippen molar-refractivity contribution in [2.45, 2.75) is 6.54 Å². The van der Waals surface area contributed by atoms with Crippen LogP contribution < -0.4 is 11.5 Å². The molecule has 0 atom stereocenters. The van der Waals surface area contributed by atoms with E-state index in [0.29, 0.717) is 6.54 Å². The predicted molar refractivity (Wildman–Crippen MR) is 58.3 cm³/mol. The monoisotopic (exact) mass is 204 g/mol. The molecular formula is C10H12N4O. The Balaban J connectivity index is 2.69. The summed E-state index contributed by atoms with van der Waals surface area (Å²) in [6.07, 6.45) is 6.13. The lowest BCUT2D eigenvalue weighted by Crippen LogP contribution is -2.13. The van der Waals surface area contributed by atoms with Crippen LogP contribution in [-0.4, -0.2) is 17.1 Å². The van der Waals surface area contributed by atoms with Gasteiger partial charge >= 0.3 is 0 Å². The minimum Gasteiger partial charge on any atom is -0.405 e. The highest BCUT2D eigenvalue weighted by Gasteiger charge is 2.01. The summed E-state index contributed by atoms with van der Waals surface area (Å²) in [4.78, 5) is 18.7. The number of pyridine rings is 1. The average Bonchev–Trinajstić information content (AvgIpc) is 2.25. The van der Waals surface area contributed by atoms with Gasteiger partial charge in [-0.25, -0.2) is 0 Å². The lowest BCUT2D eigenvalue weighted by atomic mass is 10.2. The third-order valence-corrected chi connectivity index (χ3v) is 1.65. The topological polar surface area (TPSA) is 94.4 Å². The number of nitrogens with two attached hydrogens (primary N) is 2. The second-order valence-electron chi connectivity index (χ2n) is 2.79. The first kappa shape index (κ1) is 10.9. The lowest BCUT2D eigenvalue weighted by Gasteiger charge is -1.97. The van der Waals surface area contributed by atoms with Crippen molar-refractivity contribution in [2.75, 3.05) is 0 Å². The van der Waals surface area contributed by atoms with Crippen LogP contribution >= 0.6 is 0 Å². The molecule has 1 heterocycles. The normalized spacial score (nSPS) is 11.2. The first-order valence-electron chi connectivity index (χ1n) is 4.35. The zero-order valence-corrected chi connectivity index (χ0v) is 8.13. The van der Waals surface area contributed by atoms with E-state index in [-0.39, 0.29) is 5.69 Å². The SMILES string of the molecule is N/C=C\C=NCc1ccnc(C(N)=O)c1. The summed E-state index contributed by atoms with van der Waals surface area (Å²) in [6, 6.07) is 3.39. The number of carbonyl (C=O) groups excluding carboxylic acids is 1.